The highest BCUT2D eigenvalue weighted by Crippen LogP contribution is 2.31. The lowest BCUT2D eigenvalue weighted by Gasteiger charge is -2.17. The Hall–Kier alpha value is -2.00. The van der Waals surface area contributed by atoms with E-state index in [2.05, 4.69) is 46.1 Å². The summed E-state index contributed by atoms with van der Waals surface area (Å²) in [4.78, 5) is 3.54. The molecular formula is C17H17ClN2O5. The van der Waals surface area contributed by atoms with Gasteiger partial charge in [-0.15, -0.1) is 10.2 Å². The first-order chi connectivity index (χ1) is 11.7. The summed E-state index contributed by atoms with van der Waals surface area (Å²) in [6.45, 7) is 2.77. The molecule has 4 rings (SSSR count). The van der Waals surface area contributed by atoms with Gasteiger partial charge in [-0.1, -0.05) is 18.2 Å². The third-order valence-corrected chi connectivity index (χ3v) is 4.20. The van der Waals surface area contributed by atoms with E-state index in [0.717, 1.165) is 18.5 Å². The van der Waals surface area contributed by atoms with Crippen molar-refractivity contribution in [2.24, 2.45) is 0 Å². The number of pyridine rings is 1. The Morgan fingerprint density at radius 3 is 2.48 bits per heavy atom. The van der Waals surface area contributed by atoms with Gasteiger partial charge >= 0.3 is 0 Å². The largest absolute Gasteiger partial charge is 0.388 e. The van der Waals surface area contributed by atoms with Crippen molar-refractivity contribution in [3.63, 3.8) is 0 Å². The number of rotatable bonds is 1. The minimum Gasteiger partial charge on any atom is -0.388 e. The van der Waals surface area contributed by atoms with Gasteiger partial charge in [0.15, 0.2) is 12.7 Å². The quantitative estimate of drug-likeness (QED) is 0.481. The van der Waals surface area contributed by atoms with Crippen molar-refractivity contribution >= 4 is 10.9 Å². The zero-order valence-corrected chi connectivity index (χ0v) is 14.2. The molecule has 0 bridgehead atoms. The average molecular weight is 365 g/mol. The van der Waals surface area contributed by atoms with E-state index >= 15 is 0 Å². The topological polar surface area (TPSA) is 132 Å². The Labute approximate surface area is 146 Å². The van der Waals surface area contributed by atoms with Crippen LogP contribution in [0.1, 0.15) is 24.2 Å². The number of aryl methyl sites for hydroxylation is 2. The van der Waals surface area contributed by atoms with Crippen LogP contribution in [0.2, 0.25) is 0 Å². The van der Waals surface area contributed by atoms with Crippen LogP contribution in [-0.2, 0) is 13.0 Å². The van der Waals surface area contributed by atoms with Gasteiger partial charge in [0, 0.05) is 29.0 Å². The number of hydrogen-bond donors (Lipinski definition) is 2. The summed E-state index contributed by atoms with van der Waals surface area (Å²) in [5, 5.41) is 11.0. The highest BCUT2D eigenvalue weighted by Gasteiger charge is 2.26. The van der Waals surface area contributed by atoms with E-state index in [9.17, 15) is 5.11 Å². The van der Waals surface area contributed by atoms with Crippen LogP contribution in [-0.4, -0.2) is 10.1 Å². The highest BCUT2D eigenvalue weighted by molar-refractivity contribution is 5.90. The lowest BCUT2D eigenvalue weighted by molar-refractivity contribution is -2.00. The number of H-pyrrole nitrogens is 1. The minimum atomic E-state index is -4.94. The molecule has 25 heavy (non-hydrogen) atoms. The second kappa shape index (κ2) is 6.72. The molecule has 0 aliphatic carbocycles. The fraction of sp³-hybridized carbons (Fsp3) is 0.235. The van der Waals surface area contributed by atoms with Crippen LogP contribution in [0.5, 0.6) is 0 Å². The number of halogens is 1. The van der Waals surface area contributed by atoms with E-state index in [1.165, 1.54) is 27.9 Å². The second-order valence-corrected chi connectivity index (χ2v) is 6.63. The minimum absolute atomic E-state index is 0.420. The van der Waals surface area contributed by atoms with E-state index in [1.807, 2.05) is 6.07 Å². The summed E-state index contributed by atoms with van der Waals surface area (Å²) < 4.78 is 36.2. The summed E-state index contributed by atoms with van der Waals surface area (Å²) in [6.07, 6.45) is 2.67. The van der Waals surface area contributed by atoms with Crippen molar-refractivity contribution in [2.75, 3.05) is 0 Å². The smallest absolute Gasteiger partial charge is 0.229 e. The normalized spacial score (nSPS) is 14.3. The molecule has 1 unspecified atom stereocenters. The highest BCUT2D eigenvalue weighted by atomic mass is 35.7. The Balaban J connectivity index is 0.000000324. The number of nitrogens with one attached hydrogen (secondary N) is 1. The van der Waals surface area contributed by atoms with Crippen molar-refractivity contribution < 1.29 is 38.6 Å². The number of hydrogen-bond acceptors (Lipinski definition) is 5. The van der Waals surface area contributed by atoms with Crippen LogP contribution >= 0.6 is 0 Å². The van der Waals surface area contributed by atoms with Gasteiger partial charge in [-0.25, -0.2) is 18.6 Å². The lowest BCUT2D eigenvalue weighted by atomic mass is 10.0. The van der Waals surface area contributed by atoms with Gasteiger partial charge in [-0.05, 0) is 24.6 Å². The van der Waals surface area contributed by atoms with Gasteiger partial charge in [0.05, 0.1) is 6.10 Å². The van der Waals surface area contributed by atoms with Crippen molar-refractivity contribution in [3.05, 3.63) is 53.7 Å². The molecule has 2 N–H and O–H groups in total. The Morgan fingerprint density at radius 1 is 1.12 bits per heavy atom. The van der Waals surface area contributed by atoms with Gasteiger partial charge in [0.1, 0.15) is 5.69 Å². The molecule has 1 aromatic carbocycles. The van der Waals surface area contributed by atoms with Gasteiger partial charge in [0.25, 0.3) is 0 Å². The molecule has 8 heteroatoms. The van der Waals surface area contributed by atoms with Gasteiger partial charge in [-0.2, -0.15) is 4.57 Å². The van der Waals surface area contributed by atoms with Crippen LogP contribution < -0.4 is 23.2 Å². The van der Waals surface area contributed by atoms with Crippen molar-refractivity contribution in [3.8, 4) is 11.4 Å². The number of fused-ring (bicyclic) bond motifs is 5. The molecule has 0 fully saturated rings. The number of nitrogens with zero attached hydrogens (tertiary/aromatic N) is 1. The number of aromatic nitrogens is 2. The van der Waals surface area contributed by atoms with Crippen molar-refractivity contribution in [1.82, 2.24) is 4.98 Å². The summed E-state index contributed by atoms with van der Waals surface area (Å²) in [5.41, 5.74) is 5.99. The predicted octanol–water partition coefficient (Wildman–Crippen LogP) is -2.02. The van der Waals surface area contributed by atoms with Gasteiger partial charge in [0.2, 0.25) is 5.69 Å². The van der Waals surface area contributed by atoms with E-state index in [-0.39, 0.29) is 0 Å². The molecule has 0 saturated carbocycles. The number of aliphatic hydroxyl groups excluding tert-OH is 1. The fourth-order valence-corrected chi connectivity index (χ4v) is 3.13. The molecule has 132 valence electrons. The SMILES string of the molecule is CC(O)c1ccc2[n+](c1)CCc1c-2[nH]c2ccccc12.[O-][Cl+3]([O-])([O-])[O-]. The van der Waals surface area contributed by atoms with Crippen LogP contribution in [0, 0.1) is 10.2 Å². The lowest BCUT2D eigenvalue weighted by Crippen LogP contribution is -2.68. The second-order valence-electron chi connectivity index (χ2n) is 5.87. The zero-order chi connectivity index (χ0) is 18.2. The van der Waals surface area contributed by atoms with Gasteiger partial charge < -0.3 is 10.1 Å². The van der Waals surface area contributed by atoms with Crippen LogP contribution in [0.25, 0.3) is 22.3 Å². The summed E-state index contributed by atoms with van der Waals surface area (Å²) in [5.74, 6) is 0. The molecule has 0 radical (unpaired) electrons. The van der Waals surface area contributed by atoms with E-state index in [4.69, 9.17) is 18.6 Å². The van der Waals surface area contributed by atoms with Crippen LogP contribution in [0.15, 0.2) is 42.6 Å². The molecule has 0 spiro atoms. The zero-order valence-electron chi connectivity index (χ0n) is 13.4. The number of para-hydroxylation sites is 1. The molecular weight excluding hydrogens is 348 g/mol. The molecule has 3 heterocycles. The predicted molar refractivity (Wildman–Crippen MR) is 78.3 cm³/mol. The Morgan fingerprint density at radius 2 is 1.80 bits per heavy atom. The van der Waals surface area contributed by atoms with E-state index in [0.29, 0.717) is 0 Å². The van der Waals surface area contributed by atoms with E-state index in [1.54, 1.807) is 6.92 Å². The summed E-state index contributed by atoms with van der Waals surface area (Å²) in [7, 11) is -4.94. The van der Waals surface area contributed by atoms with Crippen LogP contribution in [0.3, 0.4) is 0 Å². The molecule has 0 amide bonds. The molecule has 1 aliphatic heterocycles. The maximum Gasteiger partial charge on any atom is 0.229 e. The van der Waals surface area contributed by atoms with Crippen molar-refractivity contribution in [1.29, 1.82) is 0 Å². The number of aromatic amines is 1. The monoisotopic (exact) mass is 364 g/mol. The Kier molecular flexibility index (Phi) is 4.79. The first-order valence-electron chi connectivity index (χ1n) is 7.67. The standard InChI is InChI=1S/C17H16N2O.ClHO4/c1-11(20)12-6-7-16-17-14(8-9-19(16)10-12)13-4-2-3-5-15(13)18-17;2-1(3,4)5/h2-7,10-11,20H,8-9H2,1H3;(H,2,3,4,5). The third kappa shape index (κ3) is 3.98. The molecule has 2 aromatic heterocycles. The summed E-state index contributed by atoms with van der Waals surface area (Å²) >= 11 is 0. The fourth-order valence-electron chi connectivity index (χ4n) is 3.13. The van der Waals surface area contributed by atoms with Crippen LogP contribution in [0.4, 0.5) is 0 Å². The maximum atomic E-state index is 9.71. The first kappa shape index (κ1) is 17.8. The summed E-state index contributed by atoms with van der Waals surface area (Å²) in [6, 6.07) is 12.6. The maximum absolute atomic E-state index is 9.71. The molecule has 1 atom stereocenters. The Bertz CT molecular complexity index is 896. The average Bonchev–Trinajstić information content (AvgIpc) is 2.91. The van der Waals surface area contributed by atoms with Crippen molar-refractivity contribution in [2.45, 2.75) is 26.0 Å². The number of aliphatic hydroxyl groups is 1. The number of benzene rings is 1. The third-order valence-electron chi connectivity index (χ3n) is 4.20. The van der Waals surface area contributed by atoms with Gasteiger partial charge in [-0.3, -0.25) is 0 Å². The first-order valence-corrected chi connectivity index (χ1v) is 8.90. The van der Waals surface area contributed by atoms with E-state index < -0.39 is 16.3 Å². The molecule has 7 nitrogen and oxygen atoms in total. The molecule has 0 saturated heterocycles. The molecule has 3 aromatic rings. The molecule has 1 aliphatic rings.